The van der Waals surface area contributed by atoms with Crippen molar-refractivity contribution in [3.8, 4) is 5.75 Å². The molecule has 6 nitrogen and oxygen atoms in total. The summed E-state index contributed by atoms with van der Waals surface area (Å²) >= 11 is 6.17. The molecule has 0 bridgehead atoms. The fraction of sp³-hybridized carbons (Fsp3) is 0.391. The zero-order chi connectivity index (χ0) is 21.3. The molecular weight excluding hydrogens is 402 g/mol. The number of rotatable bonds is 5. The Morgan fingerprint density at radius 3 is 2.77 bits per heavy atom. The number of carbonyl (C=O) groups is 2. The van der Waals surface area contributed by atoms with Gasteiger partial charge in [0, 0.05) is 31.6 Å². The molecule has 2 aromatic rings. The van der Waals surface area contributed by atoms with Gasteiger partial charge < -0.3 is 19.4 Å². The number of fused-ring (bicyclic) bond motifs is 1. The quantitative estimate of drug-likeness (QED) is 0.727. The van der Waals surface area contributed by atoms with E-state index in [-0.39, 0.29) is 17.9 Å². The topological polar surface area (TPSA) is 53.1 Å². The van der Waals surface area contributed by atoms with E-state index in [4.69, 9.17) is 16.3 Å². The number of halogens is 1. The Labute approximate surface area is 182 Å². The van der Waals surface area contributed by atoms with E-state index in [2.05, 4.69) is 17.9 Å². The number of anilines is 2. The fourth-order valence-corrected chi connectivity index (χ4v) is 4.35. The number of hydrogen-bond donors (Lipinski definition) is 0. The molecule has 7 heteroatoms. The molecule has 158 valence electrons. The molecule has 0 aromatic heterocycles. The van der Waals surface area contributed by atoms with Crippen LogP contribution in [0.3, 0.4) is 0 Å². The van der Waals surface area contributed by atoms with Crippen molar-refractivity contribution >= 4 is 34.8 Å². The Morgan fingerprint density at radius 2 is 2.03 bits per heavy atom. The average Bonchev–Trinajstić information content (AvgIpc) is 3.18. The van der Waals surface area contributed by atoms with Crippen molar-refractivity contribution < 1.29 is 14.3 Å². The first-order chi connectivity index (χ1) is 14.5. The molecule has 0 aliphatic carbocycles. The molecule has 2 heterocycles. The average molecular weight is 428 g/mol. The SMILES string of the molecule is CCN1C[C@@H](CN(C)C(=O)c2ccc(Cl)cc2N2CCCC2=O)Oc2ccccc21. The third kappa shape index (κ3) is 3.97. The molecule has 2 amide bonds. The molecule has 2 aliphatic rings. The van der Waals surface area contributed by atoms with E-state index in [1.165, 1.54) is 0 Å². The maximum Gasteiger partial charge on any atom is 0.255 e. The van der Waals surface area contributed by atoms with Gasteiger partial charge in [0.1, 0.15) is 11.9 Å². The van der Waals surface area contributed by atoms with E-state index >= 15 is 0 Å². The molecule has 4 rings (SSSR count). The van der Waals surface area contributed by atoms with E-state index in [9.17, 15) is 9.59 Å². The van der Waals surface area contributed by atoms with Crippen molar-refractivity contribution in [1.82, 2.24) is 4.90 Å². The number of amides is 2. The van der Waals surface area contributed by atoms with Crippen molar-refractivity contribution in [2.24, 2.45) is 0 Å². The highest BCUT2D eigenvalue weighted by Crippen LogP contribution is 2.33. The van der Waals surface area contributed by atoms with Crippen LogP contribution in [-0.2, 0) is 4.79 Å². The van der Waals surface area contributed by atoms with Crippen LogP contribution in [0, 0.1) is 0 Å². The van der Waals surface area contributed by atoms with Crippen molar-refractivity contribution in [2.45, 2.75) is 25.9 Å². The Hall–Kier alpha value is -2.73. The number of benzene rings is 2. The van der Waals surface area contributed by atoms with Crippen molar-refractivity contribution in [2.75, 3.05) is 43.0 Å². The lowest BCUT2D eigenvalue weighted by atomic mass is 10.1. The van der Waals surface area contributed by atoms with Gasteiger partial charge in [0.25, 0.3) is 5.91 Å². The van der Waals surface area contributed by atoms with Gasteiger partial charge in [0.2, 0.25) is 5.91 Å². The molecule has 0 radical (unpaired) electrons. The highest BCUT2D eigenvalue weighted by molar-refractivity contribution is 6.31. The molecule has 0 N–H and O–H groups in total. The molecule has 0 spiro atoms. The Kier molecular flexibility index (Phi) is 5.86. The number of nitrogens with zero attached hydrogens (tertiary/aromatic N) is 3. The number of likely N-dealkylation sites (N-methyl/N-ethyl adjacent to an activating group) is 2. The number of ether oxygens (including phenoxy) is 1. The monoisotopic (exact) mass is 427 g/mol. The van der Waals surface area contributed by atoms with Crippen LogP contribution in [0.5, 0.6) is 5.75 Å². The molecule has 0 saturated carbocycles. The normalized spacial score (nSPS) is 18.2. The van der Waals surface area contributed by atoms with Gasteiger partial charge in [-0.2, -0.15) is 0 Å². The van der Waals surface area contributed by atoms with E-state index in [0.29, 0.717) is 42.3 Å². The Bertz CT molecular complexity index is 964. The van der Waals surface area contributed by atoms with Crippen molar-refractivity contribution in [3.05, 3.63) is 53.1 Å². The standard InChI is InChI=1S/C23H26ClN3O3/c1-3-26-15-17(30-21-8-5-4-7-19(21)26)14-25(2)23(29)18-11-10-16(24)13-20(18)27-12-6-9-22(27)28/h4-5,7-8,10-11,13,17H,3,6,9,12,14-15H2,1-2H3/t17-/m1/s1. The van der Waals surface area contributed by atoms with Gasteiger partial charge in [0.15, 0.2) is 0 Å². The first-order valence-corrected chi connectivity index (χ1v) is 10.7. The summed E-state index contributed by atoms with van der Waals surface area (Å²) in [5.74, 6) is 0.720. The first-order valence-electron chi connectivity index (χ1n) is 10.3. The van der Waals surface area contributed by atoms with Crippen molar-refractivity contribution in [3.63, 3.8) is 0 Å². The van der Waals surface area contributed by atoms with E-state index in [1.54, 1.807) is 35.0 Å². The number of para-hydroxylation sites is 2. The molecule has 1 fully saturated rings. The minimum absolute atomic E-state index is 0.0276. The highest BCUT2D eigenvalue weighted by Gasteiger charge is 2.30. The zero-order valence-electron chi connectivity index (χ0n) is 17.3. The summed E-state index contributed by atoms with van der Waals surface area (Å²) in [5.41, 5.74) is 2.16. The summed E-state index contributed by atoms with van der Waals surface area (Å²) in [5, 5.41) is 0.509. The van der Waals surface area contributed by atoms with Gasteiger partial charge in [-0.3, -0.25) is 9.59 Å². The summed E-state index contributed by atoms with van der Waals surface area (Å²) in [6, 6.07) is 13.1. The lowest BCUT2D eigenvalue weighted by Gasteiger charge is -2.37. The third-order valence-electron chi connectivity index (χ3n) is 5.68. The maximum atomic E-state index is 13.3. The van der Waals surface area contributed by atoms with Gasteiger partial charge in [-0.1, -0.05) is 23.7 Å². The predicted octanol–water partition coefficient (Wildman–Crippen LogP) is 3.83. The van der Waals surface area contributed by atoms with Gasteiger partial charge in [-0.15, -0.1) is 0 Å². The molecule has 0 unspecified atom stereocenters. The minimum Gasteiger partial charge on any atom is -0.485 e. The fourth-order valence-electron chi connectivity index (χ4n) is 4.18. The number of hydrogen-bond acceptors (Lipinski definition) is 4. The molecular formula is C23H26ClN3O3. The van der Waals surface area contributed by atoms with Crippen LogP contribution in [0.1, 0.15) is 30.1 Å². The van der Waals surface area contributed by atoms with Crippen molar-refractivity contribution in [1.29, 1.82) is 0 Å². The van der Waals surface area contributed by atoms with Gasteiger partial charge in [0.05, 0.1) is 30.0 Å². The summed E-state index contributed by atoms with van der Waals surface area (Å²) in [6.07, 6.45) is 1.15. The van der Waals surface area contributed by atoms with E-state index < -0.39 is 0 Å². The van der Waals surface area contributed by atoms with Gasteiger partial charge in [-0.05, 0) is 43.7 Å². The molecule has 1 atom stereocenters. The zero-order valence-corrected chi connectivity index (χ0v) is 18.1. The first kappa shape index (κ1) is 20.5. The molecule has 2 aliphatic heterocycles. The summed E-state index contributed by atoms with van der Waals surface area (Å²) in [7, 11) is 1.77. The van der Waals surface area contributed by atoms with Gasteiger partial charge >= 0.3 is 0 Å². The summed E-state index contributed by atoms with van der Waals surface area (Å²) < 4.78 is 6.17. The van der Waals surface area contributed by atoms with Crippen LogP contribution in [0.15, 0.2) is 42.5 Å². The second-order valence-electron chi connectivity index (χ2n) is 7.74. The van der Waals surface area contributed by atoms with E-state index in [0.717, 1.165) is 24.4 Å². The van der Waals surface area contributed by atoms with E-state index in [1.807, 2.05) is 18.2 Å². The van der Waals surface area contributed by atoms with Crippen LogP contribution >= 0.6 is 11.6 Å². The largest absolute Gasteiger partial charge is 0.485 e. The van der Waals surface area contributed by atoms with Crippen LogP contribution in [0.25, 0.3) is 0 Å². The third-order valence-corrected chi connectivity index (χ3v) is 5.92. The van der Waals surface area contributed by atoms with Crippen LogP contribution < -0.4 is 14.5 Å². The van der Waals surface area contributed by atoms with Gasteiger partial charge in [-0.25, -0.2) is 0 Å². The molecule has 30 heavy (non-hydrogen) atoms. The lowest BCUT2D eigenvalue weighted by molar-refractivity contribution is -0.117. The second-order valence-corrected chi connectivity index (χ2v) is 8.18. The molecule has 2 aromatic carbocycles. The van der Waals surface area contributed by atoms with Crippen LogP contribution in [-0.4, -0.2) is 56.0 Å². The summed E-state index contributed by atoms with van der Waals surface area (Å²) in [4.78, 5) is 31.1. The Morgan fingerprint density at radius 1 is 1.23 bits per heavy atom. The number of carbonyl (C=O) groups excluding carboxylic acids is 2. The lowest BCUT2D eigenvalue weighted by Crippen LogP contribution is -2.47. The minimum atomic E-state index is -0.146. The van der Waals surface area contributed by atoms with Crippen LogP contribution in [0.4, 0.5) is 11.4 Å². The Balaban J connectivity index is 1.53. The second kappa shape index (κ2) is 8.56. The smallest absolute Gasteiger partial charge is 0.255 e. The molecule has 1 saturated heterocycles. The highest BCUT2D eigenvalue weighted by atomic mass is 35.5. The van der Waals surface area contributed by atoms with Crippen LogP contribution in [0.2, 0.25) is 5.02 Å². The summed E-state index contributed by atoms with van der Waals surface area (Å²) in [6.45, 7) is 4.74. The maximum absolute atomic E-state index is 13.3. The predicted molar refractivity (Wildman–Crippen MR) is 119 cm³/mol.